The molecule has 3 nitrogen and oxygen atoms in total. The van der Waals surface area contributed by atoms with Crippen LogP contribution in [0.2, 0.25) is 0 Å². The number of hydrogen-bond donors (Lipinski definition) is 1. The van der Waals surface area contributed by atoms with Crippen LogP contribution in [0.25, 0.3) is 0 Å². The van der Waals surface area contributed by atoms with Gasteiger partial charge in [0.15, 0.2) is 5.13 Å². The van der Waals surface area contributed by atoms with Crippen LogP contribution in [0.15, 0.2) is 5.38 Å². The van der Waals surface area contributed by atoms with Gasteiger partial charge in [-0.05, 0) is 0 Å². The van der Waals surface area contributed by atoms with Crippen LogP contribution in [-0.4, -0.2) is 24.1 Å². The molecule has 0 aliphatic carbocycles. The summed E-state index contributed by atoms with van der Waals surface area (Å²) in [6.45, 7) is 6.50. The summed E-state index contributed by atoms with van der Waals surface area (Å²) < 4.78 is 0. The Labute approximate surface area is 83.8 Å². The van der Waals surface area contributed by atoms with Crippen molar-refractivity contribution in [3.8, 4) is 0 Å². The third kappa shape index (κ3) is 2.97. The van der Waals surface area contributed by atoms with Gasteiger partial charge in [-0.25, -0.2) is 9.99 Å². The smallest absolute Gasteiger partial charge is 0.197 e. The van der Waals surface area contributed by atoms with E-state index in [1.807, 2.05) is 19.1 Å². The fourth-order valence-corrected chi connectivity index (χ4v) is 1.88. The maximum Gasteiger partial charge on any atom is 0.197 e. The highest BCUT2D eigenvalue weighted by Gasteiger charge is 2.17. The van der Waals surface area contributed by atoms with Crippen LogP contribution < -0.4 is 5.43 Å². The molecule has 74 valence electrons. The first kappa shape index (κ1) is 10.5. The molecule has 0 aliphatic heterocycles. The van der Waals surface area contributed by atoms with E-state index in [1.54, 1.807) is 11.3 Å². The highest BCUT2D eigenvalue weighted by Crippen LogP contribution is 2.26. The van der Waals surface area contributed by atoms with Crippen LogP contribution in [0.1, 0.15) is 26.5 Å². The summed E-state index contributed by atoms with van der Waals surface area (Å²) in [6, 6.07) is 0. The van der Waals surface area contributed by atoms with Crippen molar-refractivity contribution in [2.75, 3.05) is 19.5 Å². The minimum absolute atomic E-state index is 0.142. The first-order valence-electron chi connectivity index (χ1n) is 4.29. The van der Waals surface area contributed by atoms with Crippen molar-refractivity contribution in [2.45, 2.75) is 26.2 Å². The summed E-state index contributed by atoms with van der Waals surface area (Å²) in [5, 5.41) is 4.95. The molecular formula is C9H17N3S. The predicted octanol–water partition coefficient (Wildman–Crippen LogP) is 2.33. The molecular weight excluding hydrogens is 182 g/mol. The third-order valence-electron chi connectivity index (χ3n) is 1.59. The second kappa shape index (κ2) is 3.64. The SMILES string of the molecule is CN(C)Nc1nc(C(C)(C)C)cs1. The summed E-state index contributed by atoms with van der Waals surface area (Å²) in [7, 11) is 3.91. The lowest BCUT2D eigenvalue weighted by Crippen LogP contribution is -2.19. The molecule has 1 aromatic rings. The molecule has 1 aromatic heterocycles. The van der Waals surface area contributed by atoms with Crippen molar-refractivity contribution < 1.29 is 0 Å². The maximum absolute atomic E-state index is 4.49. The van der Waals surface area contributed by atoms with Gasteiger partial charge in [0.05, 0.1) is 5.69 Å². The Balaban J connectivity index is 2.75. The van der Waals surface area contributed by atoms with Crippen molar-refractivity contribution in [1.82, 2.24) is 9.99 Å². The Kier molecular flexibility index (Phi) is 2.93. The third-order valence-corrected chi connectivity index (χ3v) is 2.34. The Morgan fingerprint density at radius 2 is 2.00 bits per heavy atom. The van der Waals surface area contributed by atoms with E-state index in [0.29, 0.717) is 0 Å². The summed E-state index contributed by atoms with van der Waals surface area (Å²) in [6.07, 6.45) is 0. The second-order valence-corrected chi connectivity index (χ2v) is 5.15. The fraction of sp³-hybridized carbons (Fsp3) is 0.667. The van der Waals surface area contributed by atoms with Crippen molar-refractivity contribution in [3.05, 3.63) is 11.1 Å². The van der Waals surface area contributed by atoms with E-state index in [2.05, 4.69) is 36.6 Å². The van der Waals surface area contributed by atoms with E-state index in [4.69, 9.17) is 0 Å². The van der Waals surface area contributed by atoms with Crippen LogP contribution in [-0.2, 0) is 5.41 Å². The monoisotopic (exact) mass is 199 g/mol. The molecule has 0 amide bonds. The molecule has 4 heteroatoms. The highest BCUT2D eigenvalue weighted by atomic mass is 32.1. The quantitative estimate of drug-likeness (QED) is 0.741. The van der Waals surface area contributed by atoms with Gasteiger partial charge in [0.2, 0.25) is 0 Å². The largest absolute Gasteiger partial charge is 0.295 e. The standard InChI is InChI=1S/C9H17N3S/c1-9(2,3)7-6-13-8(10-7)11-12(4)5/h6H,1-5H3,(H,10,11). The van der Waals surface area contributed by atoms with Gasteiger partial charge in [-0.2, -0.15) is 0 Å². The molecule has 0 saturated heterocycles. The lowest BCUT2D eigenvalue weighted by atomic mass is 9.93. The van der Waals surface area contributed by atoms with E-state index in [1.165, 1.54) is 0 Å². The molecule has 1 heterocycles. The molecule has 0 spiro atoms. The number of hydrogen-bond acceptors (Lipinski definition) is 4. The number of anilines is 1. The van der Waals surface area contributed by atoms with Gasteiger partial charge in [-0.15, -0.1) is 11.3 Å². The van der Waals surface area contributed by atoms with Gasteiger partial charge in [0.1, 0.15) is 0 Å². The number of thiazole rings is 1. The van der Waals surface area contributed by atoms with E-state index in [-0.39, 0.29) is 5.41 Å². The summed E-state index contributed by atoms with van der Waals surface area (Å²) in [4.78, 5) is 4.49. The van der Waals surface area contributed by atoms with Crippen LogP contribution in [0.4, 0.5) is 5.13 Å². The van der Waals surface area contributed by atoms with Crippen molar-refractivity contribution in [3.63, 3.8) is 0 Å². The van der Waals surface area contributed by atoms with Crippen molar-refractivity contribution in [1.29, 1.82) is 0 Å². The first-order chi connectivity index (χ1) is 5.89. The number of hydrazine groups is 1. The van der Waals surface area contributed by atoms with Crippen molar-refractivity contribution in [2.24, 2.45) is 0 Å². The Morgan fingerprint density at radius 1 is 1.38 bits per heavy atom. The van der Waals surface area contributed by atoms with E-state index >= 15 is 0 Å². The Bertz CT molecular complexity index is 273. The predicted molar refractivity (Wildman–Crippen MR) is 58.1 cm³/mol. The van der Waals surface area contributed by atoms with Gasteiger partial charge in [-0.3, -0.25) is 5.43 Å². The lowest BCUT2D eigenvalue weighted by Gasteiger charge is -2.14. The Hall–Kier alpha value is -0.610. The van der Waals surface area contributed by atoms with Crippen LogP contribution >= 0.6 is 11.3 Å². The zero-order valence-electron chi connectivity index (χ0n) is 8.88. The molecule has 1 rings (SSSR count). The average Bonchev–Trinajstić information content (AvgIpc) is 2.32. The highest BCUT2D eigenvalue weighted by molar-refractivity contribution is 7.13. The summed E-state index contributed by atoms with van der Waals surface area (Å²) in [5.41, 5.74) is 4.42. The minimum atomic E-state index is 0.142. The minimum Gasteiger partial charge on any atom is -0.295 e. The fourth-order valence-electron chi connectivity index (χ4n) is 0.861. The number of nitrogens with zero attached hydrogens (tertiary/aromatic N) is 2. The molecule has 0 fully saturated rings. The normalized spacial score (nSPS) is 12.2. The van der Waals surface area contributed by atoms with Gasteiger partial charge < -0.3 is 0 Å². The molecule has 13 heavy (non-hydrogen) atoms. The van der Waals surface area contributed by atoms with Gasteiger partial charge in [0, 0.05) is 24.9 Å². The summed E-state index contributed by atoms with van der Waals surface area (Å²) in [5.74, 6) is 0. The van der Waals surface area contributed by atoms with Crippen molar-refractivity contribution >= 4 is 16.5 Å². The topological polar surface area (TPSA) is 28.2 Å². The van der Waals surface area contributed by atoms with Gasteiger partial charge in [0.25, 0.3) is 0 Å². The number of aromatic nitrogens is 1. The molecule has 0 aromatic carbocycles. The molecule has 0 radical (unpaired) electrons. The van der Waals surface area contributed by atoms with Crippen LogP contribution in [0, 0.1) is 0 Å². The van der Waals surface area contributed by atoms with E-state index in [0.717, 1.165) is 10.8 Å². The van der Waals surface area contributed by atoms with E-state index < -0.39 is 0 Å². The molecule has 0 bridgehead atoms. The molecule has 0 aliphatic rings. The maximum atomic E-state index is 4.49. The lowest BCUT2D eigenvalue weighted by molar-refractivity contribution is 0.493. The Morgan fingerprint density at radius 3 is 2.38 bits per heavy atom. The number of nitrogens with one attached hydrogen (secondary N) is 1. The molecule has 1 N–H and O–H groups in total. The summed E-state index contributed by atoms with van der Waals surface area (Å²) >= 11 is 1.64. The van der Waals surface area contributed by atoms with E-state index in [9.17, 15) is 0 Å². The zero-order valence-corrected chi connectivity index (χ0v) is 9.70. The molecule has 0 unspecified atom stereocenters. The zero-order chi connectivity index (χ0) is 10.1. The average molecular weight is 199 g/mol. The molecule has 0 saturated carbocycles. The van der Waals surface area contributed by atoms with Crippen LogP contribution in [0.5, 0.6) is 0 Å². The van der Waals surface area contributed by atoms with Gasteiger partial charge >= 0.3 is 0 Å². The van der Waals surface area contributed by atoms with Gasteiger partial charge in [-0.1, -0.05) is 20.8 Å². The van der Waals surface area contributed by atoms with Crippen LogP contribution in [0.3, 0.4) is 0 Å². The second-order valence-electron chi connectivity index (χ2n) is 4.29. The number of rotatable bonds is 2. The first-order valence-corrected chi connectivity index (χ1v) is 5.17. The molecule has 0 atom stereocenters.